The number of nitriles is 1. The Morgan fingerprint density at radius 2 is 2.03 bits per heavy atom. The lowest BCUT2D eigenvalue weighted by atomic mass is 9.95. The first-order chi connectivity index (χ1) is 13.8. The van der Waals surface area contributed by atoms with Crippen LogP contribution in [0, 0.1) is 31.0 Å². The SMILES string of the molecule is Cc1c(C#N)cccc1CNc1nnc(C)c2c(F)cc(N3CC(C)(O)C3)cc12. The molecule has 148 valence electrons. The average Bonchev–Trinajstić information content (AvgIpc) is 2.66. The molecule has 29 heavy (non-hydrogen) atoms. The van der Waals surface area contributed by atoms with Gasteiger partial charge >= 0.3 is 0 Å². The van der Waals surface area contributed by atoms with Crippen LogP contribution in [-0.2, 0) is 6.54 Å². The summed E-state index contributed by atoms with van der Waals surface area (Å²) in [5.41, 5.74) is 2.98. The Morgan fingerprint density at radius 3 is 2.72 bits per heavy atom. The highest BCUT2D eigenvalue weighted by Gasteiger charge is 2.37. The van der Waals surface area contributed by atoms with Crippen LogP contribution in [0.25, 0.3) is 10.8 Å². The number of nitrogens with one attached hydrogen (secondary N) is 1. The van der Waals surface area contributed by atoms with Gasteiger partial charge in [0.2, 0.25) is 0 Å². The molecule has 0 bridgehead atoms. The molecule has 1 aliphatic rings. The number of fused-ring (bicyclic) bond motifs is 1. The molecule has 0 amide bonds. The third kappa shape index (κ3) is 3.47. The van der Waals surface area contributed by atoms with E-state index in [2.05, 4.69) is 21.6 Å². The van der Waals surface area contributed by atoms with Crippen molar-refractivity contribution in [3.63, 3.8) is 0 Å². The summed E-state index contributed by atoms with van der Waals surface area (Å²) < 4.78 is 14.9. The molecule has 1 aromatic heterocycles. The summed E-state index contributed by atoms with van der Waals surface area (Å²) in [4.78, 5) is 1.93. The Labute approximate surface area is 168 Å². The van der Waals surface area contributed by atoms with Crippen LogP contribution in [0.5, 0.6) is 0 Å². The number of hydrogen-bond donors (Lipinski definition) is 2. The van der Waals surface area contributed by atoms with E-state index in [1.807, 2.05) is 30.0 Å². The van der Waals surface area contributed by atoms with Crippen LogP contribution in [0.15, 0.2) is 30.3 Å². The maximum Gasteiger partial charge on any atom is 0.157 e. The number of aryl methyl sites for hydroxylation is 1. The van der Waals surface area contributed by atoms with Crippen LogP contribution < -0.4 is 10.2 Å². The quantitative estimate of drug-likeness (QED) is 0.709. The van der Waals surface area contributed by atoms with Gasteiger partial charge in [-0.1, -0.05) is 12.1 Å². The third-order valence-corrected chi connectivity index (χ3v) is 5.43. The number of β-amino-alcohol motifs (C(OH)–C–C–N with tert-alkyl or cyclic N) is 1. The Bertz CT molecular complexity index is 1140. The predicted molar refractivity (Wildman–Crippen MR) is 110 cm³/mol. The minimum Gasteiger partial charge on any atom is -0.386 e. The molecule has 0 atom stereocenters. The topological polar surface area (TPSA) is 85.1 Å². The Balaban J connectivity index is 1.70. The number of anilines is 2. The number of aromatic nitrogens is 2. The molecule has 4 rings (SSSR count). The van der Waals surface area contributed by atoms with Gasteiger partial charge in [-0.25, -0.2) is 4.39 Å². The normalized spacial score (nSPS) is 15.1. The number of benzene rings is 2. The molecule has 0 unspecified atom stereocenters. The minimum absolute atomic E-state index is 0.359. The van der Waals surface area contributed by atoms with Gasteiger partial charge in [-0.2, -0.15) is 10.4 Å². The summed E-state index contributed by atoms with van der Waals surface area (Å²) in [5.74, 6) is 0.127. The Morgan fingerprint density at radius 1 is 1.28 bits per heavy atom. The van der Waals surface area contributed by atoms with Crippen molar-refractivity contribution in [2.24, 2.45) is 0 Å². The van der Waals surface area contributed by atoms with Gasteiger partial charge in [0.1, 0.15) is 5.82 Å². The van der Waals surface area contributed by atoms with Crippen LogP contribution >= 0.6 is 0 Å². The van der Waals surface area contributed by atoms with E-state index in [1.54, 1.807) is 19.9 Å². The Hall–Kier alpha value is -3.24. The smallest absolute Gasteiger partial charge is 0.157 e. The van der Waals surface area contributed by atoms with E-state index in [-0.39, 0.29) is 5.82 Å². The van der Waals surface area contributed by atoms with Crippen molar-refractivity contribution in [1.82, 2.24) is 10.2 Å². The van der Waals surface area contributed by atoms with Crippen LogP contribution in [0.4, 0.5) is 15.9 Å². The van der Waals surface area contributed by atoms with E-state index >= 15 is 0 Å². The number of rotatable bonds is 4. The molecule has 2 aromatic carbocycles. The molecule has 2 heterocycles. The number of halogens is 1. The average molecular weight is 391 g/mol. The van der Waals surface area contributed by atoms with Gasteiger partial charge in [-0.15, -0.1) is 5.10 Å². The number of nitrogens with zero attached hydrogens (tertiary/aromatic N) is 4. The van der Waals surface area contributed by atoms with Gasteiger partial charge in [-0.3, -0.25) is 0 Å². The molecule has 3 aromatic rings. The highest BCUT2D eigenvalue weighted by atomic mass is 19.1. The molecule has 2 N–H and O–H groups in total. The fourth-order valence-electron chi connectivity index (χ4n) is 3.82. The zero-order valence-electron chi connectivity index (χ0n) is 16.6. The van der Waals surface area contributed by atoms with Crippen molar-refractivity contribution >= 4 is 22.3 Å². The summed E-state index contributed by atoms with van der Waals surface area (Å²) in [6.45, 7) is 6.76. The van der Waals surface area contributed by atoms with E-state index in [0.29, 0.717) is 53.2 Å². The van der Waals surface area contributed by atoms with E-state index < -0.39 is 5.60 Å². The standard InChI is InChI=1S/C22H22FN5O/c1-13-15(9-24)5-4-6-16(13)10-25-21-18-7-17(28-11-22(3,29)12-28)8-19(23)20(18)14(2)26-27-21/h4-8,29H,10-12H2,1-3H3,(H,25,27). The molecule has 1 saturated heterocycles. The molecule has 0 radical (unpaired) electrons. The minimum atomic E-state index is -0.748. The zero-order chi connectivity index (χ0) is 20.8. The van der Waals surface area contributed by atoms with E-state index in [4.69, 9.17) is 0 Å². The first-order valence-corrected chi connectivity index (χ1v) is 9.45. The first kappa shape index (κ1) is 19.1. The van der Waals surface area contributed by atoms with Gasteiger partial charge in [0.25, 0.3) is 0 Å². The second kappa shape index (κ2) is 6.98. The van der Waals surface area contributed by atoms with Gasteiger partial charge in [-0.05, 0) is 50.1 Å². The molecule has 0 spiro atoms. The summed E-state index contributed by atoms with van der Waals surface area (Å²) in [6, 6.07) is 11.1. The van der Waals surface area contributed by atoms with Crippen molar-refractivity contribution in [2.75, 3.05) is 23.3 Å². The summed E-state index contributed by atoms with van der Waals surface area (Å²) in [7, 11) is 0. The fraction of sp³-hybridized carbons (Fsp3) is 0.318. The molecule has 0 aliphatic carbocycles. The van der Waals surface area contributed by atoms with Gasteiger partial charge in [0.15, 0.2) is 5.82 Å². The predicted octanol–water partition coefficient (Wildman–Crippen LogP) is 3.44. The van der Waals surface area contributed by atoms with Crippen molar-refractivity contribution in [3.05, 3.63) is 58.5 Å². The van der Waals surface area contributed by atoms with Crippen LogP contribution in [0.1, 0.15) is 29.3 Å². The molecular formula is C22H22FN5O. The second-order valence-corrected chi connectivity index (χ2v) is 7.89. The molecule has 6 nitrogen and oxygen atoms in total. The lowest BCUT2D eigenvalue weighted by molar-refractivity contribution is 0.0310. The summed E-state index contributed by atoms with van der Waals surface area (Å²) >= 11 is 0. The molecule has 7 heteroatoms. The van der Waals surface area contributed by atoms with Gasteiger partial charge in [0, 0.05) is 36.1 Å². The second-order valence-electron chi connectivity index (χ2n) is 7.89. The zero-order valence-corrected chi connectivity index (χ0v) is 16.6. The van der Waals surface area contributed by atoms with Crippen molar-refractivity contribution < 1.29 is 9.50 Å². The largest absolute Gasteiger partial charge is 0.386 e. The summed E-state index contributed by atoms with van der Waals surface area (Å²) in [5, 5.41) is 31.9. The maximum atomic E-state index is 14.9. The number of hydrogen-bond acceptors (Lipinski definition) is 6. The van der Waals surface area contributed by atoms with Crippen molar-refractivity contribution in [2.45, 2.75) is 32.9 Å². The molecular weight excluding hydrogens is 369 g/mol. The molecule has 1 fully saturated rings. The van der Waals surface area contributed by atoms with E-state index in [1.165, 1.54) is 6.07 Å². The maximum absolute atomic E-state index is 14.9. The van der Waals surface area contributed by atoms with E-state index in [0.717, 1.165) is 11.1 Å². The van der Waals surface area contributed by atoms with Gasteiger partial charge < -0.3 is 15.3 Å². The van der Waals surface area contributed by atoms with Crippen molar-refractivity contribution in [3.8, 4) is 6.07 Å². The molecule has 1 aliphatic heterocycles. The van der Waals surface area contributed by atoms with Gasteiger partial charge in [0.05, 0.1) is 22.9 Å². The summed E-state index contributed by atoms with van der Waals surface area (Å²) in [6.07, 6.45) is 0. The monoisotopic (exact) mass is 391 g/mol. The Kier molecular flexibility index (Phi) is 4.59. The highest BCUT2D eigenvalue weighted by Crippen LogP contribution is 2.34. The fourth-order valence-corrected chi connectivity index (χ4v) is 3.82. The number of aliphatic hydroxyl groups is 1. The third-order valence-electron chi connectivity index (χ3n) is 5.43. The van der Waals surface area contributed by atoms with E-state index in [9.17, 15) is 14.8 Å². The lowest BCUT2D eigenvalue weighted by Gasteiger charge is -2.45. The van der Waals surface area contributed by atoms with Crippen LogP contribution in [0.2, 0.25) is 0 Å². The first-order valence-electron chi connectivity index (χ1n) is 9.45. The lowest BCUT2D eigenvalue weighted by Crippen LogP contribution is -2.60. The highest BCUT2D eigenvalue weighted by molar-refractivity contribution is 5.96. The van der Waals surface area contributed by atoms with Crippen LogP contribution in [-0.4, -0.2) is 34.0 Å². The molecule has 0 saturated carbocycles. The van der Waals surface area contributed by atoms with Crippen LogP contribution in [0.3, 0.4) is 0 Å². The van der Waals surface area contributed by atoms with Crippen molar-refractivity contribution in [1.29, 1.82) is 5.26 Å².